The number of hydrogen-bond acceptors (Lipinski definition) is 6. The number of carbonyl (C=O) groups is 1. The Kier molecular flexibility index (Phi) is 6.14. The van der Waals surface area contributed by atoms with Crippen LogP contribution >= 0.6 is 0 Å². The van der Waals surface area contributed by atoms with Gasteiger partial charge in [-0.25, -0.2) is 9.18 Å². The quantitative estimate of drug-likeness (QED) is 0.737. The van der Waals surface area contributed by atoms with Crippen LogP contribution < -0.4 is 4.74 Å². The van der Waals surface area contributed by atoms with Crippen LogP contribution in [0, 0.1) is 5.82 Å². The molecular weight excluding hydrogens is 339 g/mol. The largest absolute Gasteiger partial charge is 0.492 e. The SMILES string of the molecule is COC(=O)c1ccncc1-c1cc(OCCN2CCOCC2)ccc1F. The van der Waals surface area contributed by atoms with Gasteiger partial charge in [0.05, 0.1) is 25.9 Å². The number of morpholine rings is 1. The summed E-state index contributed by atoms with van der Waals surface area (Å²) in [7, 11) is 1.29. The Morgan fingerprint density at radius 2 is 2.08 bits per heavy atom. The zero-order chi connectivity index (χ0) is 18.4. The molecule has 2 heterocycles. The van der Waals surface area contributed by atoms with Gasteiger partial charge in [-0.05, 0) is 24.3 Å². The van der Waals surface area contributed by atoms with Crippen molar-refractivity contribution in [3.8, 4) is 16.9 Å². The van der Waals surface area contributed by atoms with Crippen LogP contribution in [0.2, 0.25) is 0 Å². The number of benzene rings is 1. The molecule has 1 aliphatic heterocycles. The molecule has 26 heavy (non-hydrogen) atoms. The molecule has 1 saturated heterocycles. The summed E-state index contributed by atoms with van der Waals surface area (Å²) in [5.74, 6) is -0.460. The molecule has 0 amide bonds. The van der Waals surface area contributed by atoms with E-state index < -0.39 is 11.8 Å². The van der Waals surface area contributed by atoms with Crippen molar-refractivity contribution >= 4 is 5.97 Å². The summed E-state index contributed by atoms with van der Waals surface area (Å²) < 4.78 is 30.2. The topological polar surface area (TPSA) is 60.9 Å². The van der Waals surface area contributed by atoms with Crippen LogP contribution in [0.3, 0.4) is 0 Å². The molecule has 0 N–H and O–H groups in total. The van der Waals surface area contributed by atoms with Gasteiger partial charge in [-0.15, -0.1) is 0 Å². The molecular formula is C19H21FN2O4. The van der Waals surface area contributed by atoms with E-state index in [2.05, 4.69) is 9.88 Å². The van der Waals surface area contributed by atoms with Crippen molar-refractivity contribution in [3.63, 3.8) is 0 Å². The Hall–Kier alpha value is -2.51. The second kappa shape index (κ2) is 8.73. The van der Waals surface area contributed by atoms with E-state index in [0.29, 0.717) is 17.9 Å². The van der Waals surface area contributed by atoms with Gasteiger partial charge in [0.15, 0.2) is 0 Å². The highest BCUT2D eigenvalue weighted by molar-refractivity contribution is 5.97. The number of ether oxygens (including phenoxy) is 3. The van der Waals surface area contributed by atoms with Crippen molar-refractivity contribution in [2.75, 3.05) is 46.6 Å². The van der Waals surface area contributed by atoms with Crippen LogP contribution in [0.1, 0.15) is 10.4 Å². The van der Waals surface area contributed by atoms with Crippen molar-refractivity contribution in [1.29, 1.82) is 0 Å². The smallest absolute Gasteiger partial charge is 0.338 e. The molecule has 1 aliphatic rings. The first kappa shape index (κ1) is 18.3. The third-order valence-corrected chi connectivity index (χ3v) is 4.23. The van der Waals surface area contributed by atoms with E-state index in [1.807, 2.05) is 0 Å². The summed E-state index contributed by atoms with van der Waals surface area (Å²) in [6, 6.07) is 5.99. The summed E-state index contributed by atoms with van der Waals surface area (Å²) in [5, 5.41) is 0. The first-order valence-corrected chi connectivity index (χ1v) is 8.44. The second-order valence-electron chi connectivity index (χ2n) is 5.86. The highest BCUT2D eigenvalue weighted by Crippen LogP contribution is 2.29. The molecule has 7 heteroatoms. The summed E-state index contributed by atoms with van der Waals surface area (Å²) in [5.41, 5.74) is 0.879. The van der Waals surface area contributed by atoms with E-state index in [9.17, 15) is 9.18 Å². The Bertz CT molecular complexity index is 763. The van der Waals surface area contributed by atoms with Crippen LogP contribution in [0.5, 0.6) is 5.75 Å². The van der Waals surface area contributed by atoms with Crippen molar-refractivity contribution < 1.29 is 23.4 Å². The number of methoxy groups -OCH3 is 1. The standard InChI is InChI=1S/C19H21FN2O4/c1-24-19(23)15-4-5-21-13-17(15)16-12-14(2-3-18(16)20)26-11-8-22-6-9-25-10-7-22/h2-5,12-13H,6-11H2,1H3. The number of hydrogen-bond donors (Lipinski definition) is 0. The van der Waals surface area contributed by atoms with Gasteiger partial charge in [-0.3, -0.25) is 9.88 Å². The molecule has 0 atom stereocenters. The fraction of sp³-hybridized carbons (Fsp3) is 0.368. The molecule has 0 aliphatic carbocycles. The number of pyridine rings is 1. The molecule has 0 unspecified atom stereocenters. The van der Waals surface area contributed by atoms with E-state index in [0.717, 1.165) is 32.8 Å². The van der Waals surface area contributed by atoms with Crippen molar-refractivity contribution in [3.05, 3.63) is 48.0 Å². The molecule has 0 saturated carbocycles. The van der Waals surface area contributed by atoms with Crippen LogP contribution in [-0.2, 0) is 9.47 Å². The normalized spacial score (nSPS) is 14.8. The summed E-state index contributed by atoms with van der Waals surface area (Å²) in [6.07, 6.45) is 2.92. The minimum absolute atomic E-state index is 0.252. The molecule has 0 bridgehead atoms. The van der Waals surface area contributed by atoms with E-state index in [1.165, 1.54) is 31.6 Å². The van der Waals surface area contributed by atoms with Crippen LogP contribution in [0.25, 0.3) is 11.1 Å². The Balaban J connectivity index is 1.75. The lowest BCUT2D eigenvalue weighted by molar-refractivity contribution is 0.0322. The Labute approximate surface area is 151 Å². The van der Waals surface area contributed by atoms with Gasteiger partial charge < -0.3 is 14.2 Å². The fourth-order valence-electron chi connectivity index (χ4n) is 2.81. The van der Waals surface area contributed by atoms with Gasteiger partial charge in [0.25, 0.3) is 0 Å². The monoisotopic (exact) mass is 360 g/mol. The zero-order valence-electron chi connectivity index (χ0n) is 14.6. The van der Waals surface area contributed by atoms with Crippen LogP contribution in [-0.4, -0.2) is 62.4 Å². The first-order chi connectivity index (χ1) is 12.7. The van der Waals surface area contributed by atoms with Gasteiger partial charge in [0.1, 0.15) is 18.2 Å². The lowest BCUT2D eigenvalue weighted by Crippen LogP contribution is -2.38. The van der Waals surface area contributed by atoms with E-state index in [4.69, 9.17) is 14.2 Å². The maximum atomic E-state index is 14.4. The van der Waals surface area contributed by atoms with Crippen LogP contribution in [0.4, 0.5) is 4.39 Å². The summed E-state index contributed by atoms with van der Waals surface area (Å²) in [4.78, 5) is 18.2. The van der Waals surface area contributed by atoms with E-state index >= 15 is 0 Å². The third-order valence-electron chi connectivity index (χ3n) is 4.23. The molecule has 0 spiro atoms. The van der Waals surface area contributed by atoms with E-state index in [1.54, 1.807) is 12.1 Å². The number of halogens is 1. The highest BCUT2D eigenvalue weighted by atomic mass is 19.1. The second-order valence-corrected chi connectivity index (χ2v) is 5.86. The molecule has 138 valence electrons. The molecule has 1 aromatic heterocycles. The predicted molar refractivity (Wildman–Crippen MR) is 93.7 cm³/mol. The van der Waals surface area contributed by atoms with Gasteiger partial charge in [-0.1, -0.05) is 0 Å². The minimum Gasteiger partial charge on any atom is -0.492 e. The molecule has 3 rings (SSSR count). The average Bonchev–Trinajstić information content (AvgIpc) is 2.69. The number of aromatic nitrogens is 1. The number of esters is 1. The Morgan fingerprint density at radius 3 is 2.85 bits per heavy atom. The maximum absolute atomic E-state index is 14.4. The lowest BCUT2D eigenvalue weighted by atomic mass is 10.0. The number of rotatable bonds is 6. The van der Waals surface area contributed by atoms with Gasteiger partial charge >= 0.3 is 5.97 Å². The summed E-state index contributed by atoms with van der Waals surface area (Å²) in [6.45, 7) is 4.50. The molecule has 1 fully saturated rings. The number of nitrogens with zero attached hydrogens (tertiary/aromatic N) is 2. The Morgan fingerprint density at radius 1 is 1.27 bits per heavy atom. The molecule has 1 aromatic carbocycles. The lowest BCUT2D eigenvalue weighted by Gasteiger charge is -2.26. The van der Waals surface area contributed by atoms with Crippen molar-refractivity contribution in [1.82, 2.24) is 9.88 Å². The zero-order valence-corrected chi connectivity index (χ0v) is 14.6. The fourth-order valence-corrected chi connectivity index (χ4v) is 2.81. The maximum Gasteiger partial charge on any atom is 0.338 e. The van der Waals surface area contributed by atoms with Gasteiger partial charge in [0, 0.05) is 43.2 Å². The van der Waals surface area contributed by atoms with Crippen LogP contribution in [0.15, 0.2) is 36.7 Å². The van der Waals surface area contributed by atoms with Crippen molar-refractivity contribution in [2.45, 2.75) is 0 Å². The molecule has 2 aromatic rings. The highest BCUT2D eigenvalue weighted by Gasteiger charge is 2.17. The molecule has 0 radical (unpaired) electrons. The molecule has 6 nitrogen and oxygen atoms in total. The van der Waals surface area contributed by atoms with Crippen molar-refractivity contribution in [2.24, 2.45) is 0 Å². The average molecular weight is 360 g/mol. The van der Waals surface area contributed by atoms with Gasteiger partial charge in [-0.2, -0.15) is 0 Å². The van der Waals surface area contributed by atoms with E-state index in [-0.39, 0.29) is 11.1 Å². The predicted octanol–water partition coefficient (Wildman–Crippen LogP) is 2.39. The summed E-state index contributed by atoms with van der Waals surface area (Å²) >= 11 is 0. The number of carbonyl (C=O) groups excluding carboxylic acids is 1. The minimum atomic E-state index is -0.541. The van der Waals surface area contributed by atoms with Gasteiger partial charge in [0.2, 0.25) is 0 Å². The third kappa shape index (κ3) is 4.36. The first-order valence-electron chi connectivity index (χ1n) is 8.44.